The van der Waals surface area contributed by atoms with Crippen LogP contribution >= 0.6 is 0 Å². The molecule has 1 aliphatic heterocycles. The molecular formula is C19H25N3O. The summed E-state index contributed by atoms with van der Waals surface area (Å²) in [6, 6.07) is 10.4. The van der Waals surface area contributed by atoms with Gasteiger partial charge in [-0.1, -0.05) is 30.3 Å². The summed E-state index contributed by atoms with van der Waals surface area (Å²) in [4.78, 5) is 11.6. The maximum atomic E-state index is 5.77. The molecule has 122 valence electrons. The molecule has 0 spiro atoms. The molecule has 0 radical (unpaired) electrons. The lowest BCUT2D eigenvalue weighted by Gasteiger charge is -2.36. The minimum absolute atomic E-state index is 0.146. The molecule has 0 saturated carbocycles. The van der Waals surface area contributed by atoms with E-state index in [1.165, 1.54) is 6.42 Å². The topological polar surface area (TPSA) is 38.2 Å². The van der Waals surface area contributed by atoms with Crippen LogP contribution in [-0.2, 0) is 6.61 Å². The third-order valence-corrected chi connectivity index (χ3v) is 4.31. The van der Waals surface area contributed by atoms with E-state index in [9.17, 15) is 0 Å². The molecule has 0 amide bonds. The molecule has 1 aromatic heterocycles. The molecule has 4 nitrogen and oxygen atoms in total. The van der Waals surface area contributed by atoms with Crippen molar-refractivity contribution in [3.63, 3.8) is 0 Å². The Hall–Kier alpha value is -1.94. The SMILES string of the molecule is CC(C)(C)N1CCCC1c1ncc(OCc2ccccc2)cn1. The van der Waals surface area contributed by atoms with Crippen LogP contribution in [0, 0.1) is 0 Å². The molecule has 1 aliphatic rings. The van der Waals surface area contributed by atoms with E-state index in [4.69, 9.17) is 4.74 Å². The Morgan fingerprint density at radius 3 is 2.48 bits per heavy atom. The van der Waals surface area contributed by atoms with Gasteiger partial charge in [0.1, 0.15) is 12.4 Å². The van der Waals surface area contributed by atoms with Gasteiger partial charge in [0.05, 0.1) is 18.4 Å². The molecule has 0 aliphatic carbocycles. The molecule has 2 aromatic rings. The number of likely N-dealkylation sites (tertiary alicyclic amines) is 1. The lowest BCUT2D eigenvalue weighted by atomic mass is 10.0. The summed E-state index contributed by atoms with van der Waals surface area (Å²) >= 11 is 0. The van der Waals surface area contributed by atoms with E-state index in [1.807, 2.05) is 18.2 Å². The zero-order chi connectivity index (χ0) is 16.3. The fourth-order valence-electron chi connectivity index (χ4n) is 3.15. The average molecular weight is 311 g/mol. The van der Waals surface area contributed by atoms with Gasteiger partial charge in [-0.15, -0.1) is 0 Å². The van der Waals surface area contributed by atoms with Crippen molar-refractivity contribution in [1.29, 1.82) is 0 Å². The minimum Gasteiger partial charge on any atom is -0.486 e. The third kappa shape index (κ3) is 3.88. The van der Waals surface area contributed by atoms with Gasteiger partial charge in [-0.25, -0.2) is 9.97 Å². The molecule has 0 N–H and O–H groups in total. The highest BCUT2D eigenvalue weighted by atomic mass is 16.5. The Bertz CT molecular complexity index is 619. The Kier molecular flexibility index (Phi) is 4.62. The van der Waals surface area contributed by atoms with Crippen LogP contribution in [0.4, 0.5) is 0 Å². The predicted octanol–water partition coefficient (Wildman–Crippen LogP) is 3.99. The maximum absolute atomic E-state index is 5.77. The summed E-state index contributed by atoms with van der Waals surface area (Å²) in [5, 5.41) is 0. The molecule has 1 aromatic carbocycles. The molecule has 0 bridgehead atoms. The Morgan fingerprint density at radius 2 is 1.83 bits per heavy atom. The van der Waals surface area contributed by atoms with Crippen LogP contribution in [0.3, 0.4) is 0 Å². The molecular weight excluding hydrogens is 286 g/mol. The van der Waals surface area contributed by atoms with Crippen molar-refractivity contribution in [3.05, 3.63) is 54.1 Å². The predicted molar refractivity (Wildman–Crippen MR) is 91.2 cm³/mol. The second-order valence-corrected chi connectivity index (χ2v) is 7.07. The number of rotatable bonds is 4. The van der Waals surface area contributed by atoms with Crippen molar-refractivity contribution < 1.29 is 4.74 Å². The molecule has 1 fully saturated rings. The number of benzene rings is 1. The fraction of sp³-hybridized carbons (Fsp3) is 0.474. The van der Waals surface area contributed by atoms with Crippen LogP contribution in [0.2, 0.25) is 0 Å². The minimum atomic E-state index is 0.146. The standard InChI is InChI=1S/C19H25N3O/c1-19(2,3)22-11-7-10-17(22)18-20-12-16(13-21-18)23-14-15-8-5-4-6-9-15/h4-6,8-9,12-13,17H,7,10-11,14H2,1-3H3. The van der Waals surface area contributed by atoms with E-state index in [0.29, 0.717) is 12.6 Å². The summed E-state index contributed by atoms with van der Waals surface area (Å²) < 4.78 is 5.77. The molecule has 4 heteroatoms. The molecule has 1 atom stereocenters. The highest BCUT2D eigenvalue weighted by molar-refractivity contribution is 5.18. The van der Waals surface area contributed by atoms with Crippen LogP contribution in [0.5, 0.6) is 5.75 Å². The summed E-state index contributed by atoms with van der Waals surface area (Å²) in [5.74, 6) is 1.63. The highest BCUT2D eigenvalue weighted by Crippen LogP contribution is 2.35. The normalized spacial score (nSPS) is 19.0. The number of aromatic nitrogens is 2. The zero-order valence-electron chi connectivity index (χ0n) is 14.2. The summed E-state index contributed by atoms with van der Waals surface area (Å²) in [6.45, 7) is 8.42. The number of nitrogens with zero attached hydrogens (tertiary/aromatic N) is 3. The van der Waals surface area contributed by atoms with E-state index in [0.717, 1.165) is 30.1 Å². The summed E-state index contributed by atoms with van der Waals surface area (Å²) in [5.41, 5.74) is 1.29. The summed E-state index contributed by atoms with van der Waals surface area (Å²) in [7, 11) is 0. The Morgan fingerprint density at radius 1 is 1.13 bits per heavy atom. The van der Waals surface area contributed by atoms with Crippen molar-refractivity contribution in [2.45, 2.75) is 51.8 Å². The van der Waals surface area contributed by atoms with Gasteiger partial charge < -0.3 is 4.74 Å². The molecule has 23 heavy (non-hydrogen) atoms. The molecule has 3 rings (SSSR count). The Balaban J connectivity index is 1.65. The smallest absolute Gasteiger partial charge is 0.156 e. The van der Waals surface area contributed by atoms with Gasteiger partial charge in [0, 0.05) is 5.54 Å². The van der Waals surface area contributed by atoms with E-state index in [1.54, 1.807) is 12.4 Å². The highest BCUT2D eigenvalue weighted by Gasteiger charge is 2.35. The van der Waals surface area contributed by atoms with E-state index in [-0.39, 0.29) is 5.54 Å². The second-order valence-electron chi connectivity index (χ2n) is 7.07. The van der Waals surface area contributed by atoms with Gasteiger partial charge in [-0.05, 0) is 45.7 Å². The number of hydrogen-bond acceptors (Lipinski definition) is 4. The average Bonchev–Trinajstić information content (AvgIpc) is 3.04. The fourth-order valence-corrected chi connectivity index (χ4v) is 3.15. The van der Waals surface area contributed by atoms with Crippen LogP contribution in [0.15, 0.2) is 42.7 Å². The van der Waals surface area contributed by atoms with Gasteiger partial charge in [-0.3, -0.25) is 4.90 Å². The van der Waals surface area contributed by atoms with Crippen molar-refractivity contribution in [1.82, 2.24) is 14.9 Å². The van der Waals surface area contributed by atoms with E-state index < -0.39 is 0 Å². The monoisotopic (exact) mass is 311 g/mol. The Labute approximate surface area is 138 Å². The van der Waals surface area contributed by atoms with E-state index >= 15 is 0 Å². The van der Waals surface area contributed by atoms with Gasteiger partial charge in [0.25, 0.3) is 0 Å². The lowest BCUT2D eigenvalue weighted by Crippen LogP contribution is -2.41. The molecule has 2 heterocycles. The van der Waals surface area contributed by atoms with Gasteiger partial charge in [-0.2, -0.15) is 0 Å². The van der Waals surface area contributed by atoms with Crippen LogP contribution < -0.4 is 4.74 Å². The van der Waals surface area contributed by atoms with Gasteiger partial charge in [0.2, 0.25) is 0 Å². The first-order chi connectivity index (χ1) is 11.0. The van der Waals surface area contributed by atoms with Gasteiger partial charge in [0.15, 0.2) is 5.75 Å². The zero-order valence-corrected chi connectivity index (χ0v) is 14.2. The first kappa shape index (κ1) is 15.9. The maximum Gasteiger partial charge on any atom is 0.156 e. The van der Waals surface area contributed by atoms with Crippen molar-refractivity contribution in [2.24, 2.45) is 0 Å². The van der Waals surface area contributed by atoms with E-state index in [2.05, 4.69) is 47.8 Å². The number of hydrogen-bond donors (Lipinski definition) is 0. The van der Waals surface area contributed by atoms with Crippen molar-refractivity contribution in [2.75, 3.05) is 6.54 Å². The first-order valence-electron chi connectivity index (χ1n) is 8.29. The van der Waals surface area contributed by atoms with Crippen molar-refractivity contribution in [3.8, 4) is 5.75 Å². The quantitative estimate of drug-likeness (QED) is 0.855. The summed E-state index contributed by atoms with van der Waals surface area (Å²) in [6.07, 6.45) is 5.92. The molecule has 1 unspecified atom stereocenters. The largest absolute Gasteiger partial charge is 0.486 e. The molecule has 1 saturated heterocycles. The van der Waals surface area contributed by atoms with Gasteiger partial charge >= 0.3 is 0 Å². The second kappa shape index (κ2) is 6.67. The van der Waals surface area contributed by atoms with Crippen LogP contribution in [0.25, 0.3) is 0 Å². The van der Waals surface area contributed by atoms with Crippen molar-refractivity contribution >= 4 is 0 Å². The third-order valence-electron chi connectivity index (χ3n) is 4.31. The van der Waals surface area contributed by atoms with Crippen LogP contribution in [-0.4, -0.2) is 27.0 Å². The van der Waals surface area contributed by atoms with Crippen LogP contribution in [0.1, 0.15) is 51.0 Å². The first-order valence-corrected chi connectivity index (χ1v) is 8.29. The number of ether oxygens (including phenoxy) is 1. The lowest BCUT2D eigenvalue weighted by molar-refractivity contribution is 0.117.